The van der Waals surface area contributed by atoms with Crippen molar-refractivity contribution in [3.63, 3.8) is 0 Å². The van der Waals surface area contributed by atoms with Crippen molar-refractivity contribution in [3.05, 3.63) is 59.8 Å². The molecule has 1 saturated heterocycles. The molecule has 0 unspecified atom stereocenters. The summed E-state index contributed by atoms with van der Waals surface area (Å²) >= 11 is 0. The SMILES string of the molecule is CO[C@@H]1C[C@H](C)N(c2cnc3c(C(=O)Nc4cnccc4[C@@H]4C[C@H](C)C[C@H](N)C4)ccc(F)c3c2)C1. The van der Waals surface area contributed by atoms with E-state index in [9.17, 15) is 9.18 Å². The van der Waals surface area contributed by atoms with E-state index in [-0.39, 0.29) is 30.0 Å². The van der Waals surface area contributed by atoms with Crippen LogP contribution in [0.2, 0.25) is 0 Å². The van der Waals surface area contributed by atoms with Crippen LogP contribution in [0.1, 0.15) is 61.4 Å². The minimum Gasteiger partial charge on any atom is -0.380 e. The molecule has 3 N–H and O–H groups in total. The minimum atomic E-state index is -0.404. The van der Waals surface area contributed by atoms with Gasteiger partial charge in [0.2, 0.25) is 0 Å². The van der Waals surface area contributed by atoms with Gasteiger partial charge in [0.05, 0.1) is 41.0 Å². The molecule has 0 spiro atoms. The highest BCUT2D eigenvalue weighted by Crippen LogP contribution is 2.38. The van der Waals surface area contributed by atoms with Crippen molar-refractivity contribution in [1.82, 2.24) is 9.97 Å². The molecule has 0 radical (unpaired) electrons. The van der Waals surface area contributed by atoms with Gasteiger partial charge in [0, 0.05) is 37.3 Å². The van der Waals surface area contributed by atoms with Gasteiger partial charge in [0.25, 0.3) is 5.91 Å². The Morgan fingerprint density at radius 2 is 2.00 bits per heavy atom. The quantitative estimate of drug-likeness (QED) is 0.529. The highest BCUT2D eigenvalue weighted by Gasteiger charge is 2.30. The minimum absolute atomic E-state index is 0.132. The van der Waals surface area contributed by atoms with Gasteiger partial charge in [-0.3, -0.25) is 14.8 Å². The van der Waals surface area contributed by atoms with E-state index in [2.05, 4.69) is 34.0 Å². The van der Waals surface area contributed by atoms with Gasteiger partial charge < -0.3 is 20.7 Å². The van der Waals surface area contributed by atoms with Crippen LogP contribution in [0.25, 0.3) is 10.9 Å². The summed E-state index contributed by atoms with van der Waals surface area (Å²) in [6.07, 6.45) is 9.08. The molecule has 2 fully saturated rings. The van der Waals surface area contributed by atoms with Gasteiger partial charge in [-0.15, -0.1) is 0 Å². The monoisotopic (exact) mass is 491 g/mol. The number of fused-ring (bicyclic) bond motifs is 1. The van der Waals surface area contributed by atoms with Crippen LogP contribution < -0.4 is 16.0 Å². The molecule has 3 heterocycles. The van der Waals surface area contributed by atoms with Crippen LogP contribution in [-0.4, -0.2) is 47.7 Å². The van der Waals surface area contributed by atoms with Crippen LogP contribution in [0.5, 0.6) is 0 Å². The molecule has 1 amide bonds. The van der Waals surface area contributed by atoms with E-state index in [1.165, 1.54) is 12.1 Å². The molecule has 1 saturated carbocycles. The number of methoxy groups -OCH3 is 1. The zero-order valence-corrected chi connectivity index (χ0v) is 21.1. The first kappa shape index (κ1) is 24.6. The van der Waals surface area contributed by atoms with Crippen LogP contribution in [0, 0.1) is 11.7 Å². The summed E-state index contributed by atoms with van der Waals surface area (Å²) in [6.45, 7) is 5.06. The fourth-order valence-electron chi connectivity index (χ4n) is 5.99. The molecule has 1 aromatic carbocycles. The molecule has 5 atom stereocenters. The van der Waals surface area contributed by atoms with Gasteiger partial charge in [-0.2, -0.15) is 0 Å². The van der Waals surface area contributed by atoms with E-state index in [4.69, 9.17) is 10.5 Å². The topological polar surface area (TPSA) is 93.4 Å². The number of nitrogens with zero attached hydrogens (tertiary/aromatic N) is 3. The second-order valence-electron chi connectivity index (χ2n) is 10.5. The molecule has 2 aliphatic rings. The Morgan fingerprint density at radius 3 is 2.75 bits per heavy atom. The van der Waals surface area contributed by atoms with E-state index in [0.29, 0.717) is 28.1 Å². The third-order valence-electron chi connectivity index (χ3n) is 7.75. The maximum atomic E-state index is 14.9. The highest BCUT2D eigenvalue weighted by atomic mass is 19.1. The molecule has 190 valence electrons. The highest BCUT2D eigenvalue weighted by molar-refractivity contribution is 6.12. The van der Waals surface area contributed by atoms with Crippen molar-refractivity contribution in [2.24, 2.45) is 11.7 Å². The molecule has 3 aromatic rings. The van der Waals surface area contributed by atoms with Crippen LogP contribution in [0.15, 0.2) is 42.9 Å². The number of hydrogen-bond acceptors (Lipinski definition) is 6. The number of hydrogen-bond donors (Lipinski definition) is 2. The first-order valence-electron chi connectivity index (χ1n) is 12.7. The normalized spacial score (nSPS) is 26.4. The van der Waals surface area contributed by atoms with Crippen LogP contribution >= 0.6 is 0 Å². The van der Waals surface area contributed by atoms with E-state index in [1.807, 2.05) is 6.07 Å². The number of pyridine rings is 2. The van der Waals surface area contributed by atoms with Crippen molar-refractivity contribution < 1.29 is 13.9 Å². The van der Waals surface area contributed by atoms with Crippen molar-refractivity contribution >= 4 is 28.2 Å². The average molecular weight is 492 g/mol. The lowest BCUT2D eigenvalue weighted by Crippen LogP contribution is -2.31. The maximum Gasteiger partial charge on any atom is 0.257 e. The number of nitrogens with two attached hydrogens (primary N) is 1. The number of ether oxygens (including phenoxy) is 1. The summed E-state index contributed by atoms with van der Waals surface area (Å²) in [6, 6.07) is 6.97. The molecule has 5 rings (SSSR count). The fourth-order valence-corrected chi connectivity index (χ4v) is 5.99. The summed E-state index contributed by atoms with van der Waals surface area (Å²) in [5.74, 6) is 0.0356. The standard InChI is InChI=1S/C28H34FN5O2/c1-16-8-18(11-19(30)9-16)22-6-7-31-14-26(22)33-28(35)23-4-5-25(29)24-12-20(13-32-27(23)24)34-15-21(36-3)10-17(34)2/h4-7,12-14,16-19,21H,8-11,15,30H2,1-3H3,(H,33,35)/t16-,17-,18+,19-,21+/m0/s1. The van der Waals surface area contributed by atoms with Gasteiger partial charge in [-0.05, 0) is 74.3 Å². The lowest BCUT2D eigenvalue weighted by molar-refractivity contribution is 0.102. The Hall–Kier alpha value is -3.10. The molecule has 0 bridgehead atoms. The summed E-state index contributed by atoms with van der Waals surface area (Å²) < 4.78 is 20.4. The number of carbonyl (C=O) groups is 1. The third kappa shape index (κ3) is 4.80. The maximum absolute atomic E-state index is 14.9. The molecule has 7 nitrogen and oxygen atoms in total. The Balaban J connectivity index is 1.44. The van der Waals surface area contributed by atoms with Gasteiger partial charge in [0.1, 0.15) is 5.82 Å². The zero-order chi connectivity index (χ0) is 25.4. The number of carbonyl (C=O) groups excluding carboxylic acids is 1. The predicted octanol–water partition coefficient (Wildman–Crippen LogP) is 4.87. The number of benzene rings is 1. The van der Waals surface area contributed by atoms with Crippen molar-refractivity contribution in [2.75, 3.05) is 23.9 Å². The zero-order valence-electron chi connectivity index (χ0n) is 21.1. The summed E-state index contributed by atoms with van der Waals surface area (Å²) in [5.41, 5.74) is 9.49. The van der Waals surface area contributed by atoms with Gasteiger partial charge in [-0.1, -0.05) is 6.92 Å². The number of rotatable bonds is 5. The van der Waals surface area contributed by atoms with Crippen LogP contribution in [0.4, 0.5) is 15.8 Å². The van der Waals surface area contributed by atoms with E-state index in [0.717, 1.165) is 43.5 Å². The summed E-state index contributed by atoms with van der Waals surface area (Å²) in [4.78, 5) is 24.4. The van der Waals surface area contributed by atoms with E-state index in [1.54, 1.807) is 31.8 Å². The molecular weight excluding hydrogens is 457 g/mol. The number of nitrogens with one attached hydrogen (secondary N) is 1. The molecule has 2 aromatic heterocycles. The Bertz CT molecular complexity index is 1260. The number of aromatic nitrogens is 2. The van der Waals surface area contributed by atoms with Crippen molar-refractivity contribution in [1.29, 1.82) is 0 Å². The molecular formula is C28H34FN5O2. The predicted molar refractivity (Wildman–Crippen MR) is 140 cm³/mol. The van der Waals surface area contributed by atoms with Gasteiger partial charge >= 0.3 is 0 Å². The van der Waals surface area contributed by atoms with E-state index >= 15 is 0 Å². The number of anilines is 2. The smallest absolute Gasteiger partial charge is 0.257 e. The van der Waals surface area contributed by atoms with Crippen molar-refractivity contribution in [3.8, 4) is 0 Å². The molecule has 36 heavy (non-hydrogen) atoms. The lowest BCUT2D eigenvalue weighted by Gasteiger charge is -2.32. The second-order valence-corrected chi connectivity index (χ2v) is 10.5. The van der Waals surface area contributed by atoms with E-state index < -0.39 is 5.82 Å². The summed E-state index contributed by atoms with van der Waals surface area (Å²) in [5, 5.41) is 3.35. The Morgan fingerprint density at radius 1 is 1.17 bits per heavy atom. The lowest BCUT2D eigenvalue weighted by atomic mass is 9.76. The largest absolute Gasteiger partial charge is 0.380 e. The molecule has 1 aliphatic heterocycles. The second kappa shape index (κ2) is 10.1. The Labute approximate surface area is 211 Å². The molecule has 1 aliphatic carbocycles. The third-order valence-corrected chi connectivity index (χ3v) is 7.75. The number of halogens is 1. The van der Waals surface area contributed by atoms with Crippen LogP contribution in [0.3, 0.4) is 0 Å². The number of amides is 1. The summed E-state index contributed by atoms with van der Waals surface area (Å²) in [7, 11) is 1.71. The van der Waals surface area contributed by atoms with Crippen LogP contribution in [-0.2, 0) is 4.74 Å². The fraction of sp³-hybridized carbons (Fsp3) is 0.464. The average Bonchev–Trinajstić information content (AvgIpc) is 3.24. The first-order valence-corrected chi connectivity index (χ1v) is 12.7. The molecule has 8 heteroatoms. The Kier molecular flexibility index (Phi) is 6.90. The first-order chi connectivity index (χ1) is 17.3. The van der Waals surface area contributed by atoms with Gasteiger partial charge in [-0.25, -0.2) is 4.39 Å². The van der Waals surface area contributed by atoms with Gasteiger partial charge in [0.15, 0.2) is 0 Å². The van der Waals surface area contributed by atoms with Crippen molar-refractivity contribution in [2.45, 2.75) is 63.6 Å².